The maximum atomic E-state index is 12.2. The highest BCUT2D eigenvalue weighted by atomic mass is 79.9. The number of nitrogens with two attached hydrogens (primary N) is 1. The van der Waals surface area contributed by atoms with Gasteiger partial charge in [0.25, 0.3) is 0 Å². The minimum Gasteiger partial charge on any atom is -0.329 e. The summed E-state index contributed by atoms with van der Waals surface area (Å²) in [6, 6.07) is 1.92. The molecule has 0 aliphatic heterocycles. The smallest absolute Gasteiger partial charge is 0.181 e. The van der Waals surface area contributed by atoms with Gasteiger partial charge in [-0.2, -0.15) is 0 Å². The number of rotatable bonds is 3. The van der Waals surface area contributed by atoms with Crippen molar-refractivity contribution in [3.05, 3.63) is 20.8 Å². The Labute approximate surface area is 95.6 Å². The summed E-state index contributed by atoms with van der Waals surface area (Å²) in [5.74, 6) is 0.230. The molecule has 1 saturated carbocycles. The average molecular weight is 274 g/mol. The zero-order valence-corrected chi connectivity index (χ0v) is 10.2. The van der Waals surface area contributed by atoms with Gasteiger partial charge in [0, 0.05) is 16.4 Å². The average Bonchev–Trinajstić information content (AvgIpc) is 2.50. The Bertz CT molecular complexity index is 351. The second kappa shape index (κ2) is 3.76. The predicted molar refractivity (Wildman–Crippen MR) is 61.7 cm³/mol. The Balaban J connectivity index is 2.27. The number of carbonyl (C=O) groups is 1. The Morgan fingerprint density at radius 3 is 2.71 bits per heavy atom. The Kier molecular flexibility index (Phi) is 2.77. The molecule has 1 aromatic heterocycles. The zero-order valence-electron chi connectivity index (χ0n) is 7.75. The number of thiophene rings is 1. The van der Waals surface area contributed by atoms with Gasteiger partial charge >= 0.3 is 0 Å². The van der Waals surface area contributed by atoms with E-state index in [4.69, 9.17) is 5.73 Å². The highest BCUT2D eigenvalue weighted by molar-refractivity contribution is 9.10. The molecule has 2 rings (SSSR count). The van der Waals surface area contributed by atoms with Gasteiger partial charge in [-0.15, -0.1) is 11.3 Å². The maximum Gasteiger partial charge on any atom is 0.181 e. The summed E-state index contributed by atoms with van der Waals surface area (Å²) in [5, 5.41) is 1.93. The quantitative estimate of drug-likeness (QED) is 0.861. The Hall–Kier alpha value is -0.190. The molecule has 1 heterocycles. The second-order valence-electron chi connectivity index (χ2n) is 3.76. The first kappa shape index (κ1) is 10.3. The van der Waals surface area contributed by atoms with E-state index >= 15 is 0 Å². The summed E-state index contributed by atoms with van der Waals surface area (Å²) in [6.07, 6.45) is 3.03. The molecule has 2 N–H and O–H groups in total. The number of hydrogen-bond donors (Lipinski definition) is 1. The van der Waals surface area contributed by atoms with Crippen molar-refractivity contribution in [3.63, 3.8) is 0 Å². The van der Waals surface area contributed by atoms with Crippen LogP contribution in [0.4, 0.5) is 0 Å². The molecule has 1 aliphatic rings. The van der Waals surface area contributed by atoms with E-state index in [-0.39, 0.29) is 11.2 Å². The SMILES string of the molecule is NCC1(C(=O)c2sccc2Br)CCC1. The van der Waals surface area contributed by atoms with Gasteiger partial charge in [0.15, 0.2) is 5.78 Å². The Morgan fingerprint density at radius 2 is 2.36 bits per heavy atom. The van der Waals surface area contributed by atoms with Crippen LogP contribution in [0.25, 0.3) is 0 Å². The lowest BCUT2D eigenvalue weighted by atomic mass is 9.65. The molecular weight excluding hydrogens is 262 g/mol. The summed E-state index contributed by atoms with van der Waals surface area (Å²) in [7, 11) is 0. The minimum atomic E-state index is -0.243. The van der Waals surface area contributed by atoms with Crippen molar-refractivity contribution in [3.8, 4) is 0 Å². The van der Waals surface area contributed by atoms with Gasteiger partial charge in [0.05, 0.1) is 4.88 Å². The topological polar surface area (TPSA) is 43.1 Å². The molecule has 0 aromatic carbocycles. The van der Waals surface area contributed by atoms with Crippen molar-refractivity contribution in [1.82, 2.24) is 0 Å². The predicted octanol–water partition coefficient (Wildman–Crippen LogP) is 2.82. The number of hydrogen-bond acceptors (Lipinski definition) is 3. The first-order valence-corrected chi connectivity index (χ1v) is 6.35. The van der Waals surface area contributed by atoms with E-state index in [2.05, 4.69) is 15.9 Å². The van der Waals surface area contributed by atoms with Crippen LogP contribution in [-0.2, 0) is 0 Å². The third-order valence-electron chi connectivity index (χ3n) is 3.01. The molecule has 0 bridgehead atoms. The van der Waals surface area contributed by atoms with Crippen molar-refractivity contribution in [2.75, 3.05) is 6.54 Å². The number of Topliss-reactive ketones (excluding diaryl/α,β-unsaturated/α-hetero) is 1. The van der Waals surface area contributed by atoms with E-state index in [9.17, 15) is 4.79 Å². The summed E-state index contributed by atoms with van der Waals surface area (Å²) < 4.78 is 0.909. The van der Waals surface area contributed by atoms with Gasteiger partial charge in [-0.3, -0.25) is 4.79 Å². The molecule has 1 aliphatic carbocycles. The summed E-state index contributed by atoms with van der Waals surface area (Å²) in [4.78, 5) is 13.0. The summed E-state index contributed by atoms with van der Waals surface area (Å²) in [5.41, 5.74) is 5.45. The molecule has 0 atom stereocenters. The van der Waals surface area contributed by atoms with E-state index < -0.39 is 0 Å². The van der Waals surface area contributed by atoms with Crippen LogP contribution in [-0.4, -0.2) is 12.3 Å². The van der Waals surface area contributed by atoms with Crippen molar-refractivity contribution in [2.45, 2.75) is 19.3 Å². The highest BCUT2D eigenvalue weighted by Crippen LogP contribution is 2.44. The molecule has 0 radical (unpaired) electrons. The first-order chi connectivity index (χ1) is 6.69. The molecule has 76 valence electrons. The van der Waals surface area contributed by atoms with E-state index in [1.807, 2.05) is 11.4 Å². The summed E-state index contributed by atoms with van der Waals surface area (Å²) in [6.45, 7) is 0.482. The summed E-state index contributed by atoms with van der Waals surface area (Å²) >= 11 is 4.89. The standard InChI is InChI=1S/C10H12BrNOS/c11-7-2-5-14-8(7)9(13)10(6-12)3-1-4-10/h2,5H,1,3-4,6,12H2. The molecule has 0 saturated heterocycles. The van der Waals surface area contributed by atoms with E-state index in [1.165, 1.54) is 11.3 Å². The number of halogens is 1. The van der Waals surface area contributed by atoms with E-state index in [0.717, 1.165) is 28.6 Å². The molecule has 2 nitrogen and oxygen atoms in total. The van der Waals surface area contributed by atoms with Crippen LogP contribution in [0, 0.1) is 5.41 Å². The van der Waals surface area contributed by atoms with Crippen molar-refractivity contribution >= 4 is 33.0 Å². The molecule has 0 spiro atoms. The number of carbonyl (C=O) groups excluding carboxylic acids is 1. The maximum absolute atomic E-state index is 12.2. The van der Waals surface area contributed by atoms with Crippen LogP contribution >= 0.6 is 27.3 Å². The lowest BCUT2D eigenvalue weighted by Crippen LogP contribution is -2.44. The third kappa shape index (κ3) is 1.45. The van der Waals surface area contributed by atoms with Gasteiger partial charge in [-0.1, -0.05) is 6.42 Å². The molecule has 14 heavy (non-hydrogen) atoms. The monoisotopic (exact) mass is 273 g/mol. The lowest BCUT2D eigenvalue weighted by molar-refractivity contribution is 0.0640. The van der Waals surface area contributed by atoms with Gasteiger partial charge in [-0.05, 0) is 40.2 Å². The lowest BCUT2D eigenvalue weighted by Gasteiger charge is -2.38. The minimum absolute atomic E-state index is 0.230. The van der Waals surface area contributed by atoms with E-state index in [0.29, 0.717) is 6.54 Å². The van der Waals surface area contributed by atoms with E-state index in [1.54, 1.807) is 0 Å². The van der Waals surface area contributed by atoms with Crippen molar-refractivity contribution in [1.29, 1.82) is 0 Å². The molecule has 4 heteroatoms. The van der Waals surface area contributed by atoms with Crippen LogP contribution in [0.5, 0.6) is 0 Å². The van der Waals surface area contributed by atoms with Gasteiger partial charge in [0.1, 0.15) is 0 Å². The highest BCUT2D eigenvalue weighted by Gasteiger charge is 2.43. The van der Waals surface area contributed by atoms with Gasteiger partial charge in [0.2, 0.25) is 0 Å². The van der Waals surface area contributed by atoms with Crippen molar-refractivity contribution in [2.24, 2.45) is 11.1 Å². The van der Waals surface area contributed by atoms with Crippen LogP contribution in [0.2, 0.25) is 0 Å². The third-order valence-corrected chi connectivity index (χ3v) is 4.84. The normalized spacial score (nSPS) is 19.0. The van der Waals surface area contributed by atoms with Crippen LogP contribution in [0.15, 0.2) is 15.9 Å². The van der Waals surface area contributed by atoms with Crippen molar-refractivity contribution < 1.29 is 4.79 Å². The molecule has 0 unspecified atom stereocenters. The van der Waals surface area contributed by atoms with Gasteiger partial charge < -0.3 is 5.73 Å². The molecule has 0 amide bonds. The van der Waals surface area contributed by atoms with Crippen LogP contribution in [0.3, 0.4) is 0 Å². The Morgan fingerprint density at radius 1 is 1.64 bits per heavy atom. The van der Waals surface area contributed by atoms with Gasteiger partial charge in [-0.25, -0.2) is 0 Å². The largest absolute Gasteiger partial charge is 0.329 e. The molecule has 1 aromatic rings. The molecular formula is C10H12BrNOS. The fraction of sp³-hybridized carbons (Fsp3) is 0.500. The van der Waals surface area contributed by atoms with Crippen LogP contribution < -0.4 is 5.73 Å². The fourth-order valence-electron chi connectivity index (χ4n) is 1.82. The first-order valence-electron chi connectivity index (χ1n) is 4.67. The fourth-order valence-corrected chi connectivity index (χ4v) is 3.44. The second-order valence-corrected chi connectivity index (χ2v) is 5.54. The zero-order chi connectivity index (χ0) is 10.2. The molecule has 1 fully saturated rings. The van der Waals surface area contributed by atoms with Crippen LogP contribution in [0.1, 0.15) is 28.9 Å². The number of ketones is 1.